The normalized spacial score (nSPS) is 11.2. The Hall–Kier alpha value is -4.70. The first-order valence-corrected chi connectivity index (χ1v) is 11.6. The Morgan fingerprint density at radius 3 is 2.54 bits per heavy atom. The van der Waals surface area contributed by atoms with Crippen LogP contribution in [0.5, 0.6) is 11.5 Å². The van der Waals surface area contributed by atoms with E-state index in [1.165, 1.54) is 12.4 Å². The lowest BCUT2D eigenvalue weighted by molar-refractivity contribution is -0.111. The maximum atomic E-state index is 12.8. The monoisotopic (exact) mass is 515 g/mol. The average Bonchev–Trinajstić information content (AvgIpc) is 3.50. The zero-order chi connectivity index (χ0) is 25.9. The summed E-state index contributed by atoms with van der Waals surface area (Å²) in [7, 11) is 3.13. The van der Waals surface area contributed by atoms with Gasteiger partial charge in [-0.25, -0.2) is 14.6 Å². The highest BCUT2D eigenvalue weighted by Crippen LogP contribution is 2.28. The fourth-order valence-corrected chi connectivity index (χ4v) is 3.94. The second-order valence-electron chi connectivity index (χ2n) is 7.99. The molecule has 0 fully saturated rings. The Balaban J connectivity index is 1.43. The number of carbonyl (C=O) groups is 1. The summed E-state index contributed by atoms with van der Waals surface area (Å²) in [6.45, 7) is 1.83. The molecular weight excluding hydrogens is 494 g/mol. The number of aryl methyl sites for hydroxylation is 1. The summed E-state index contributed by atoms with van der Waals surface area (Å²) in [5.41, 5.74) is 2.88. The van der Waals surface area contributed by atoms with E-state index < -0.39 is 0 Å². The number of carbonyl (C=O) groups excluding carboxylic acids is 1. The van der Waals surface area contributed by atoms with Gasteiger partial charge in [-0.05, 0) is 55.0 Å². The third-order valence-corrected chi connectivity index (χ3v) is 5.79. The van der Waals surface area contributed by atoms with Crippen LogP contribution in [-0.4, -0.2) is 49.7 Å². The lowest BCUT2D eigenvalue weighted by Crippen LogP contribution is -2.13. The van der Waals surface area contributed by atoms with Crippen LogP contribution in [0, 0.1) is 6.92 Å². The van der Waals surface area contributed by atoms with Crippen molar-refractivity contribution in [1.82, 2.24) is 29.5 Å². The van der Waals surface area contributed by atoms with Crippen LogP contribution in [0.4, 0.5) is 5.82 Å². The Bertz CT molecular complexity index is 1620. The molecule has 0 unspecified atom stereocenters. The molecule has 0 bridgehead atoms. The summed E-state index contributed by atoms with van der Waals surface area (Å²) >= 11 is 6.02. The molecule has 0 saturated heterocycles. The van der Waals surface area contributed by atoms with Crippen molar-refractivity contribution in [2.24, 2.45) is 0 Å². The minimum atomic E-state index is -0.335. The Kier molecular flexibility index (Phi) is 6.57. The molecule has 10 nitrogen and oxygen atoms in total. The summed E-state index contributed by atoms with van der Waals surface area (Å²) in [5, 5.41) is 13.2. The summed E-state index contributed by atoms with van der Waals surface area (Å²) in [6, 6.07) is 14.4. The summed E-state index contributed by atoms with van der Waals surface area (Å²) in [5.74, 6) is 1.79. The Labute approximate surface area is 217 Å². The van der Waals surface area contributed by atoms with Gasteiger partial charge in [0.25, 0.3) is 0 Å². The molecule has 0 aliphatic carbocycles. The van der Waals surface area contributed by atoms with Crippen molar-refractivity contribution in [3.05, 3.63) is 83.4 Å². The number of hydrogen-bond acceptors (Lipinski definition) is 7. The first-order valence-electron chi connectivity index (χ1n) is 11.2. The van der Waals surface area contributed by atoms with Crippen LogP contribution >= 0.6 is 11.6 Å². The summed E-state index contributed by atoms with van der Waals surface area (Å²) in [4.78, 5) is 21.6. The van der Waals surface area contributed by atoms with Gasteiger partial charge in [-0.15, -0.1) is 0 Å². The van der Waals surface area contributed by atoms with Gasteiger partial charge in [-0.2, -0.15) is 14.9 Å². The number of halogens is 1. The van der Waals surface area contributed by atoms with Gasteiger partial charge in [0.05, 0.1) is 37.2 Å². The number of amides is 1. The van der Waals surface area contributed by atoms with Crippen molar-refractivity contribution in [3.8, 4) is 23.0 Å². The van der Waals surface area contributed by atoms with E-state index in [4.69, 9.17) is 21.1 Å². The fourth-order valence-electron chi connectivity index (χ4n) is 3.82. The predicted molar refractivity (Wildman–Crippen MR) is 141 cm³/mol. The van der Waals surface area contributed by atoms with Crippen LogP contribution < -0.4 is 14.8 Å². The topological polar surface area (TPSA) is 109 Å². The van der Waals surface area contributed by atoms with E-state index in [0.717, 1.165) is 11.3 Å². The number of anilines is 1. The van der Waals surface area contributed by atoms with Crippen LogP contribution in [0.2, 0.25) is 5.02 Å². The van der Waals surface area contributed by atoms with Crippen molar-refractivity contribution in [3.63, 3.8) is 0 Å². The number of methoxy groups -OCH3 is 2. The van der Waals surface area contributed by atoms with Gasteiger partial charge >= 0.3 is 0 Å². The molecule has 0 saturated carbocycles. The molecule has 5 rings (SSSR count). The molecule has 186 valence electrons. The van der Waals surface area contributed by atoms with Crippen molar-refractivity contribution < 1.29 is 14.3 Å². The van der Waals surface area contributed by atoms with Crippen LogP contribution in [-0.2, 0) is 4.79 Å². The molecule has 5 aromatic rings. The molecule has 1 N–H and O–H groups in total. The Morgan fingerprint density at radius 2 is 1.78 bits per heavy atom. The summed E-state index contributed by atoms with van der Waals surface area (Å²) in [6.07, 6.45) is 6.22. The minimum Gasteiger partial charge on any atom is -0.493 e. The minimum absolute atomic E-state index is 0.335. The third-order valence-electron chi connectivity index (χ3n) is 5.53. The van der Waals surface area contributed by atoms with Crippen LogP contribution in [0.15, 0.2) is 67.1 Å². The number of benzene rings is 2. The van der Waals surface area contributed by atoms with Crippen molar-refractivity contribution in [2.45, 2.75) is 6.92 Å². The zero-order valence-electron chi connectivity index (χ0n) is 20.2. The van der Waals surface area contributed by atoms with Gasteiger partial charge in [0, 0.05) is 17.2 Å². The van der Waals surface area contributed by atoms with Gasteiger partial charge in [-0.1, -0.05) is 17.7 Å². The average molecular weight is 516 g/mol. The number of rotatable bonds is 7. The maximum absolute atomic E-state index is 12.8. The molecule has 1 amide bonds. The SMILES string of the molecule is COc1ccc(/C=C/C(=O)Nc2cc(C)nn2-c2ncnc3c2cnn3-c2ccc(Cl)cc2)cc1OC. The lowest BCUT2D eigenvalue weighted by atomic mass is 10.2. The molecule has 11 heteroatoms. The smallest absolute Gasteiger partial charge is 0.249 e. The van der Waals surface area contributed by atoms with Crippen LogP contribution in [0.3, 0.4) is 0 Å². The molecule has 2 aromatic carbocycles. The second-order valence-corrected chi connectivity index (χ2v) is 8.42. The van der Waals surface area contributed by atoms with Crippen LogP contribution in [0.25, 0.3) is 28.6 Å². The number of nitrogens with zero attached hydrogens (tertiary/aromatic N) is 6. The lowest BCUT2D eigenvalue weighted by Gasteiger charge is -2.09. The number of hydrogen-bond donors (Lipinski definition) is 1. The molecule has 0 aliphatic rings. The number of aromatic nitrogens is 6. The zero-order valence-corrected chi connectivity index (χ0v) is 21.0. The van der Waals surface area contributed by atoms with Crippen molar-refractivity contribution in [2.75, 3.05) is 19.5 Å². The van der Waals surface area contributed by atoms with E-state index in [1.54, 1.807) is 66.2 Å². The summed E-state index contributed by atoms with van der Waals surface area (Å²) < 4.78 is 13.8. The van der Waals surface area contributed by atoms with Gasteiger partial charge in [-0.3, -0.25) is 4.79 Å². The van der Waals surface area contributed by atoms with Gasteiger partial charge in [0.1, 0.15) is 12.1 Å². The van der Waals surface area contributed by atoms with Gasteiger partial charge < -0.3 is 14.8 Å². The van der Waals surface area contributed by atoms with E-state index in [2.05, 4.69) is 25.5 Å². The van der Waals surface area contributed by atoms with Gasteiger partial charge in [0.15, 0.2) is 23.0 Å². The number of ether oxygens (including phenoxy) is 2. The molecule has 0 atom stereocenters. The predicted octanol–water partition coefficient (Wildman–Crippen LogP) is 4.63. The Morgan fingerprint density at radius 1 is 1.00 bits per heavy atom. The van der Waals surface area contributed by atoms with E-state index in [-0.39, 0.29) is 5.91 Å². The van der Waals surface area contributed by atoms with Crippen molar-refractivity contribution in [1.29, 1.82) is 0 Å². The largest absolute Gasteiger partial charge is 0.493 e. The van der Waals surface area contributed by atoms with Gasteiger partial charge in [0.2, 0.25) is 5.91 Å². The van der Waals surface area contributed by atoms with Crippen LogP contribution in [0.1, 0.15) is 11.3 Å². The molecule has 0 radical (unpaired) electrons. The first-order chi connectivity index (χ1) is 18.0. The van der Waals surface area contributed by atoms with Crippen molar-refractivity contribution >= 4 is 40.4 Å². The van der Waals surface area contributed by atoms with E-state index in [9.17, 15) is 4.79 Å². The standard InChI is InChI=1S/C26H22ClN7O3/c1-16-12-23(31-24(35)11-5-17-4-10-21(36-2)22(13-17)37-3)34(32-16)26-20-14-30-33(25(20)28-15-29-26)19-8-6-18(27)7-9-19/h4-15H,1-3H3,(H,31,35)/b11-5+. The molecule has 3 aromatic heterocycles. The van der Waals surface area contributed by atoms with E-state index in [0.29, 0.717) is 44.9 Å². The molecule has 0 aliphatic heterocycles. The highest BCUT2D eigenvalue weighted by molar-refractivity contribution is 6.30. The van der Waals surface area contributed by atoms with E-state index in [1.807, 2.05) is 25.1 Å². The molecule has 37 heavy (non-hydrogen) atoms. The molecular formula is C26H22ClN7O3. The fraction of sp³-hybridized carbons (Fsp3) is 0.115. The second kappa shape index (κ2) is 10.1. The highest BCUT2D eigenvalue weighted by atomic mass is 35.5. The molecule has 3 heterocycles. The maximum Gasteiger partial charge on any atom is 0.249 e. The first kappa shape index (κ1) is 24.0. The molecule has 0 spiro atoms. The quantitative estimate of drug-likeness (QED) is 0.315. The van der Waals surface area contributed by atoms with E-state index >= 15 is 0 Å². The number of nitrogens with one attached hydrogen (secondary N) is 1. The highest BCUT2D eigenvalue weighted by Gasteiger charge is 2.17. The number of fused-ring (bicyclic) bond motifs is 1. The third kappa shape index (κ3) is 4.87.